The molecule has 0 saturated carbocycles. The van der Waals surface area contributed by atoms with E-state index < -0.39 is 5.92 Å². The summed E-state index contributed by atoms with van der Waals surface area (Å²) in [6.45, 7) is 4.07. The van der Waals surface area contributed by atoms with Gasteiger partial charge in [0.05, 0.1) is 13.7 Å². The van der Waals surface area contributed by atoms with Crippen LogP contribution in [0.15, 0.2) is 10.6 Å². The normalized spacial score (nSPS) is 12.2. The first-order chi connectivity index (χ1) is 8.10. The van der Waals surface area contributed by atoms with Crippen LogP contribution < -0.4 is 5.32 Å². The van der Waals surface area contributed by atoms with E-state index in [1.807, 2.05) is 13.8 Å². The van der Waals surface area contributed by atoms with Crippen LogP contribution in [-0.2, 0) is 20.9 Å². The summed E-state index contributed by atoms with van der Waals surface area (Å²) >= 11 is 0. The van der Waals surface area contributed by atoms with E-state index in [9.17, 15) is 9.59 Å². The Labute approximate surface area is 99.3 Å². The van der Waals surface area contributed by atoms with Gasteiger partial charge in [0.15, 0.2) is 5.76 Å². The molecule has 1 rings (SSSR count). The number of amides is 1. The number of nitrogens with zero attached hydrogens (tertiary/aromatic N) is 1. The second-order valence-electron chi connectivity index (χ2n) is 3.96. The molecule has 1 atom stereocenters. The van der Waals surface area contributed by atoms with Crippen molar-refractivity contribution >= 4 is 12.4 Å². The predicted octanol–water partition coefficient (Wildman–Crippen LogP) is 0.833. The molecular formula is C11H16N2O4. The number of methoxy groups -OCH3 is 1. The highest BCUT2D eigenvalue weighted by atomic mass is 16.5. The van der Waals surface area contributed by atoms with Gasteiger partial charge in [-0.15, -0.1) is 0 Å². The van der Waals surface area contributed by atoms with Crippen LogP contribution in [-0.4, -0.2) is 24.6 Å². The van der Waals surface area contributed by atoms with Gasteiger partial charge in [-0.3, -0.25) is 9.59 Å². The molecule has 1 unspecified atom stereocenters. The number of aromatic nitrogens is 1. The van der Waals surface area contributed by atoms with Crippen LogP contribution in [0, 0.1) is 5.92 Å². The summed E-state index contributed by atoms with van der Waals surface area (Å²) in [5, 5.41) is 6.24. The Bertz CT molecular complexity index is 387. The van der Waals surface area contributed by atoms with Gasteiger partial charge in [0.2, 0.25) is 6.41 Å². The van der Waals surface area contributed by atoms with Gasteiger partial charge in [0.25, 0.3) is 0 Å². The molecule has 94 valence electrons. The van der Waals surface area contributed by atoms with Crippen LogP contribution in [0.1, 0.15) is 31.2 Å². The lowest BCUT2D eigenvalue weighted by Crippen LogP contribution is -2.19. The van der Waals surface area contributed by atoms with Crippen molar-refractivity contribution in [2.45, 2.75) is 26.3 Å². The maximum Gasteiger partial charge on any atom is 0.316 e. The molecule has 0 radical (unpaired) electrons. The molecule has 0 spiro atoms. The number of hydrogen-bond acceptors (Lipinski definition) is 5. The third-order valence-corrected chi connectivity index (χ3v) is 2.37. The fraction of sp³-hybridized carbons (Fsp3) is 0.545. The fourth-order valence-corrected chi connectivity index (χ4v) is 1.55. The Morgan fingerprint density at radius 2 is 2.35 bits per heavy atom. The maximum atomic E-state index is 11.6. The number of hydrogen-bond donors (Lipinski definition) is 1. The number of esters is 1. The lowest BCUT2D eigenvalue weighted by molar-refractivity contribution is -0.144. The summed E-state index contributed by atoms with van der Waals surface area (Å²) in [4.78, 5) is 21.7. The molecule has 1 amide bonds. The van der Waals surface area contributed by atoms with E-state index in [2.05, 4.69) is 10.5 Å². The van der Waals surface area contributed by atoms with Crippen LogP contribution in [0.25, 0.3) is 0 Å². The number of carbonyl (C=O) groups excluding carboxylic acids is 2. The summed E-state index contributed by atoms with van der Waals surface area (Å²) < 4.78 is 9.82. The molecule has 6 heteroatoms. The lowest BCUT2D eigenvalue weighted by atomic mass is 9.93. The number of ether oxygens (including phenoxy) is 1. The molecule has 0 bridgehead atoms. The van der Waals surface area contributed by atoms with Gasteiger partial charge in [-0.05, 0) is 5.92 Å². The zero-order chi connectivity index (χ0) is 12.8. The van der Waals surface area contributed by atoms with Gasteiger partial charge in [0.1, 0.15) is 11.6 Å². The Morgan fingerprint density at radius 1 is 1.65 bits per heavy atom. The highest BCUT2D eigenvalue weighted by Gasteiger charge is 2.29. The molecule has 0 aliphatic carbocycles. The van der Waals surface area contributed by atoms with E-state index in [4.69, 9.17) is 9.26 Å². The topological polar surface area (TPSA) is 81.4 Å². The van der Waals surface area contributed by atoms with Crippen molar-refractivity contribution in [2.24, 2.45) is 5.92 Å². The van der Waals surface area contributed by atoms with E-state index >= 15 is 0 Å². The summed E-state index contributed by atoms with van der Waals surface area (Å²) in [7, 11) is 1.34. The SMILES string of the molecule is COC(=O)C(c1cc(CNC=O)no1)C(C)C. The third-order valence-electron chi connectivity index (χ3n) is 2.37. The third kappa shape index (κ3) is 3.30. The van der Waals surface area contributed by atoms with Crippen LogP contribution in [0.2, 0.25) is 0 Å². The second kappa shape index (κ2) is 6.03. The first-order valence-corrected chi connectivity index (χ1v) is 5.30. The van der Waals surface area contributed by atoms with Crippen molar-refractivity contribution in [3.05, 3.63) is 17.5 Å². The van der Waals surface area contributed by atoms with Crippen molar-refractivity contribution in [2.75, 3.05) is 7.11 Å². The minimum absolute atomic E-state index is 0.0438. The van der Waals surface area contributed by atoms with Gasteiger partial charge in [0, 0.05) is 6.07 Å². The van der Waals surface area contributed by atoms with Crippen molar-refractivity contribution in [3.8, 4) is 0 Å². The van der Waals surface area contributed by atoms with Gasteiger partial charge >= 0.3 is 5.97 Å². The molecule has 1 heterocycles. The van der Waals surface area contributed by atoms with Crippen LogP contribution in [0.5, 0.6) is 0 Å². The molecule has 0 fully saturated rings. The molecule has 0 aliphatic rings. The lowest BCUT2D eigenvalue weighted by Gasteiger charge is -2.14. The summed E-state index contributed by atoms with van der Waals surface area (Å²) in [5.41, 5.74) is 0.571. The van der Waals surface area contributed by atoms with Crippen LogP contribution >= 0.6 is 0 Å². The molecule has 6 nitrogen and oxygen atoms in total. The van der Waals surface area contributed by atoms with E-state index in [-0.39, 0.29) is 18.4 Å². The monoisotopic (exact) mass is 240 g/mol. The Morgan fingerprint density at radius 3 is 2.88 bits per heavy atom. The minimum atomic E-state index is -0.475. The van der Waals surface area contributed by atoms with Gasteiger partial charge in [-0.2, -0.15) is 0 Å². The molecule has 17 heavy (non-hydrogen) atoms. The van der Waals surface area contributed by atoms with Crippen molar-refractivity contribution in [3.63, 3.8) is 0 Å². The first kappa shape index (κ1) is 13.2. The molecule has 1 aromatic rings. The second-order valence-corrected chi connectivity index (χ2v) is 3.96. The average molecular weight is 240 g/mol. The van der Waals surface area contributed by atoms with Crippen molar-refractivity contribution in [1.29, 1.82) is 0 Å². The molecular weight excluding hydrogens is 224 g/mol. The average Bonchev–Trinajstić information content (AvgIpc) is 2.74. The molecule has 1 aromatic heterocycles. The van der Waals surface area contributed by atoms with E-state index in [1.54, 1.807) is 6.07 Å². The number of carbonyl (C=O) groups is 2. The summed E-state index contributed by atoms with van der Waals surface area (Å²) in [6, 6.07) is 1.65. The molecule has 1 N–H and O–H groups in total. The highest BCUT2D eigenvalue weighted by Crippen LogP contribution is 2.26. The van der Waals surface area contributed by atoms with E-state index in [0.717, 1.165) is 0 Å². The fourth-order valence-electron chi connectivity index (χ4n) is 1.55. The zero-order valence-electron chi connectivity index (χ0n) is 10.1. The quantitative estimate of drug-likeness (QED) is 0.588. The van der Waals surface area contributed by atoms with Crippen LogP contribution in [0.3, 0.4) is 0 Å². The molecule has 0 aliphatic heterocycles. The molecule has 0 saturated heterocycles. The first-order valence-electron chi connectivity index (χ1n) is 5.30. The summed E-state index contributed by atoms with van der Waals surface area (Å²) in [6.07, 6.45) is 0.578. The van der Waals surface area contributed by atoms with Gasteiger partial charge in [-0.1, -0.05) is 19.0 Å². The Hall–Kier alpha value is -1.85. The van der Waals surface area contributed by atoms with Crippen LogP contribution in [0.4, 0.5) is 0 Å². The molecule has 0 aromatic carbocycles. The number of nitrogens with one attached hydrogen (secondary N) is 1. The Kier molecular flexibility index (Phi) is 4.68. The Balaban J connectivity index is 2.84. The smallest absolute Gasteiger partial charge is 0.316 e. The van der Waals surface area contributed by atoms with E-state index in [0.29, 0.717) is 17.9 Å². The predicted molar refractivity (Wildman–Crippen MR) is 59.0 cm³/mol. The minimum Gasteiger partial charge on any atom is -0.468 e. The zero-order valence-corrected chi connectivity index (χ0v) is 10.1. The standard InChI is InChI=1S/C11H16N2O4/c1-7(2)10(11(15)16-3)9-4-8(13-17-9)5-12-6-14/h4,6-7,10H,5H2,1-3H3,(H,12,14). The van der Waals surface area contributed by atoms with Crippen molar-refractivity contribution < 1.29 is 18.8 Å². The van der Waals surface area contributed by atoms with Crippen molar-refractivity contribution in [1.82, 2.24) is 10.5 Å². The number of rotatable bonds is 6. The largest absolute Gasteiger partial charge is 0.468 e. The van der Waals surface area contributed by atoms with E-state index in [1.165, 1.54) is 7.11 Å². The van der Waals surface area contributed by atoms with Gasteiger partial charge < -0.3 is 14.6 Å². The van der Waals surface area contributed by atoms with Gasteiger partial charge in [-0.25, -0.2) is 0 Å². The maximum absolute atomic E-state index is 11.6. The summed E-state index contributed by atoms with van der Waals surface area (Å²) in [5.74, 6) is -0.333. The highest BCUT2D eigenvalue weighted by molar-refractivity contribution is 5.77.